The van der Waals surface area contributed by atoms with Crippen molar-refractivity contribution in [3.8, 4) is 5.75 Å². The summed E-state index contributed by atoms with van der Waals surface area (Å²) in [5.41, 5.74) is 2.12. The van der Waals surface area contributed by atoms with Crippen LogP contribution < -0.4 is 10.1 Å². The number of aromatic nitrogens is 1. The second-order valence-corrected chi connectivity index (χ2v) is 9.10. The van der Waals surface area contributed by atoms with Gasteiger partial charge in [0.1, 0.15) is 5.75 Å². The summed E-state index contributed by atoms with van der Waals surface area (Å²) >= 11 is 0. The lowest BCUT2D eigenvalue weighted by molar-refractivity contribution is -0.123. The first kappa shape index (κ1) is 20.2. The first-order valence-electron chi connectivity index (χ1n) is 9.10. The monoisotopic (exact) mass is 408 g/mol. The Balaban J connectivity index is 1.72. The molecule has 1 amide bonds. The van der Waals surface area contributed by atoms with E-state index in [0.717, 1.165) is 11.2 Å². The minimum Gasteiger partial charge on any atom is -0.484 e. The highest BCUT2D eigenvalue weighted by molar-refractivity contribution is 7.91. The van der Waals surface area contributed by atoms with Crippen LogP contribution in [0.25, 0.3) is 10.9 Å². The zero-order valence-electron chi connectivity index (χ0n) is 16.1. The molecule has 0 spiro atoms. The summed E-state index contributed by atoms with van der Waals surface area (Å²) in [5, 5.41) is 3.37. The highest BCUT2D eigenvalue weighted by Gasteiger charge is 2.29. The topological polar surface area (TPSA) is 104 Å². The molecular formula is C19H24N2O6S. The van der Waals surface area contributed by atoms with Gasteiger partial charge in [-0.25, -0.2) is 13.2 Å². The Hall–Kier alpha value is -2.55. The van der Waals surface area contributed by atoms with E-state index in [1.165, 1.54) is 0 Å². The Morgan fingerprint density at radius 1 is 1.32 bits per heavy atom. The molecule has 2 aromatic rings. The van der Waals surface area contributed by atoms with Crippen molar-refractivity contribution < 1.29 is 27.5 Å². The zero-order valence-corrected chi connectivity index (χ0v) is 17.0. The van der Waals surface area contributed by atoms with Crippen LogP contribution in [0.3, 0.4) is 0 Å². The number of rotatable bonds is 6. The van der Waals surface area contributed by atoms with Gasteiger partial charge in [-0.15, -0.1) is 0 Å². The van der Waals surface area contributed by atoms with E-state index in [-0.39, 0.29) is 36.7 Å². The largest absolute Gasteiger partial charge is 0.484 e. The third-order valence-electron chi connectivity index (χ3n) is 4.91. The number of hydrogen-bond donors (Lipinski definition) is 1. The van der Waals surface area contributed by atoms with Crippen molar-refractivity contribution in [1.29, 1.82) is 0 Å². The predicted octanol–water partition coefficient (Wildman–Crippen LogP) is 1.35. The lowest BCUT2D eigenvalue weighted by Crippen LogP contribution is -2.38. The van der Waals surface area contributed by atoms with Gasteiger partial charge in [0.05, 0.1) is 23.7 Å². The molecule has 2 heterocycles. The lowest BCUT2D eigenvalue weighted by atomic mass is 10.1. The molecule has 8 nitrogen and oxygen atoms in total. The number of sulfone groups is 1. The van der Waals surface area contributed by atoms with Crippen LogP contribution in [0.2, 0.25) is 0 Å². The van der Waals surface area contributed by atoms with Crippen molar-refractivity contribution in [3.05, 3.63) is 29.5 Å². The van der Waals surface area contributed by atoms with Crippen LogP contribution in [-0.2, 0) is 26.4 Å². The SMILES string of the molecule is CCOC(=O)c1c(C)n(C)c2ccc(OCC(=O)N[C@@H]3CCS(=O)(=O)C3)cc12. The van der Waals surface area contributed by atoms with Gasteiger partial charge in [-0.3, -0.25) is 4.79 Å². The second kappa shape index (κ2) is 7.83. The maximum Gasteiger partial charge on any atom is 0.340 e. The lowest BCUT2D eigenvalue weighted by Gasteiger charge is -2.12. The number of carbonyl (C=O) groups is 2. The van der Waals surface area contributed by atoms with Crippen molar-refractivity contribution in [2.24, 2.45) is 7.05 Å². The van der Waals surface area contributed by atoms with Gasteiger partial charge >= 0.3 is 5.97 Å². The third kappa shape index (κ3) is 4.14. The van der Waals surface area contributed by atoms with Gasteiger partial charge in [0.15, 0.2) is 16.4 Å². The predicted molar refractivity (Wildman–Crippen MR) is 104 cm³/mol. The minimum atomic E-state index is -3.05. The molecule has 1 atom stereocenters. The smallest absolute Gasteiger partial charge is 0.340 e. The average molecular weight is 408 g/mol. The van der Waals surface area contributed by atoms with Crippen LogP contribution in [-0.4, -0.2) is 55.6 Å². The quantitative estimate of drug-likeness (QED) is 0.724. The van der Waals surface area contributed by atoms with Crippen LogP contribution in [0.5, 0.6) is 5.75 Å². The number of amides is 1. The Bertz CT molecular complexity index is 1020. The van der Waals surface area contributed by atoms with Gasteiger partial charge in [-0.2, -0.15) is 0 Å². The number of benzene rings is 1. The summed E-state index contributed by atoms with van der Waals surface area (Å²) in [5.74, 6) is -0.270. The van der Waals surface area contributed by atoms with Crippen molar-refractivity contribution in [3.63, 3.8) is 0 Å². The summed E-state index contributed by atoms with van der Waals surface area (Å²) in [6, 6.07) is 4.89. The van der Waals surface area contributed by atoms with Crippen LogP contribution in [0.4, 0.5) is 0 Å². The molecule has 0 aliphatic carbocycles. The Kier molecular flexibility index (Phi) is 5.64. The van der Waals surface area contributed by atoms with E-state index in [1.54, 1.807) is 19.1 Å². The maximum absolute atomic E-state index is 12.3. The van der Waals surface area contributed by atoms with E-state index >= 15 is 0 Å². The molecule has 1 N–H and O–H groups in total. The maximum atomic E-state index is 12.3. The zero-order chi connectivity index (χ0) is 20.5. The fourth-order valence-corrected chi connectivity index (χ4v) is 5.10. The van der Waals surface area contributed by atoms with E-state index in [1.807, 2.05) is 24.6 Å². The molecule has 1 aromatic carbocycles. The Morgan fingerprint density at radius 2 is 2.07 bits per heavy atom. The molecule has 152 valence electrons. The summed E-state index contributed by atoms with van der Waals surface area (Å²) in [6.45, 7) is 3.64. The van der Waals surface area contributed by atoms with Crippen molar-refractivity contribution in [2.75, 3.05) is 24.7 Å². The number of ether oxygens (including phenoxy) is 2. The number of carbonyl (C=O) groups excluding carboxylic acids is 2. The standard InChI is InChI=1S/C19H24N2O6S/c1-4-26-19(23)18-12(2)21(3)16-6-5-14(9-15(16)18)27-10-17(22)20-13-7-8-28(24,25)11-13/h5-6,9,13H,4,7-8,10-11H2,1-3H3,(H,20,22)/t13-/m1/s1. The van der Waals surface area contributed by atoms with Crippen molar-refractivity contribution >= 4 is 32.6 Å². The van der Waals surface area contributed by atoms with E-state index in [9.17, 15) is 18.0 Å². The van der Waals surface area contributed by atoms with Crippen LogP contribution in [0.1, 0.15) is 29.4 Å². The van der Waals surface area contributed by atoms with Gasteiger partial charge < -0.3 is 19.4 Å². The molecule has 0 radical (unpaired) electrons. The summed E-state index contributed by atoms with van der Waals surface area (Å²) < 4.78 is 35.5. The van der Waals surface area contributed by atoms with Crippen LogP contribution in [0, 0.1) is 6.92 Å². The Morgan fingerprint density at radius 3 is 2.71 bits per heavy atom. The number of fused-ring (bicyclic) bond motifs is 1. The first-order valence-corrected chi connectivity index (χ1v) is 10.9. The molecule has 3 rings (SSSR count). The van der Waals surface area contributed by atoms with Crippen molar-refractivity contribution in [2.45, 2.75) is 26.3 Å². The molecule has 0 bridgehead atoms. The van der Waals surface area contributed by atoms with Gasteiger partial charge in [-0.1, -0.05) is 0 Å². The van der Waals surface area contributed by atoms with E-state index < -0.39 is 15.8 Å². The molecule has 1 aromatic heterocycles. The average Bonchev–Trinajstić information content (AvgIpc) is 3.09. The molecular weight excluding hydrogens is 384 g/mol. The summed E-state index contributed by atoms with van der Waals surface area (Å²) in [6.07, 6.45) is 0.423. The fraction of sp³-hybridized carbons (Fsp3) is 0.474. The van der Waals surface area contributed by atoms with Gasteiger partial charge in [-0.05, 0) is 38.5 Å². The molecule has 1 saturated heterocycles. The third-order valence-corrected chi connectivity index (χ3v) is 6.68. The molecule has 1 aliphatic heterocycles. The van der Waals surface area contributed by atoms with E-state index in [2.05, 4.69) is 5.32 Å². The number of nitrogens with one attached hydrogen (secondary N) is 1. The number of hydrogen-bond acceptors (Lipinski definition) is 6. The van der Waals surface area contributed by atoms with Crippen molar-refractivity contribution in [1.82, 2.24) is 9.88 Å². The molecule has 9 heteroatoms. The van der Waals surface area contributed by atoms with Crippen LogP contribution >= 0.6 is 0 Å². The number of aryl methyl sites for hydroxylation is 1. The highest BCUT2D eigenvalue weighted by atomic mass is 32.2. The molecule has 28 heavy (non-hydrogen) atoms. The normalized spacial score (nSPS) is 18.2. The molecule has 0 unspecified atom stereocenters. The van der Waals surface area contributed by atoms with Crippen LogP contribution in [0.15, 0.2) is 18.2 Å². The number of esters is 1. The Labute approximate surface area is 163 Å². The first-order chi connectivity index (χ1) is 13.2. The summed E-state index contributed by atoms with van der Waals surface area (Å²) in [7, 11) is -1.19. The molecule has 0 saturated carbocycles. The summed E-state index contributed by atoms with van der Waals surface area (Å²) in [4.78, 5) is 24.4. The van der Waals surface area contributed by atoms with Gasteiger partial charge in [0, 0.05) is 29.7 Å². The van der Waals surface area contributed by atoms with Gasteiger partial charge in [0.25, 0.3) is 5.91 Å². The minimum absolute atomic E-state index is 0.0309. The van der Waals surface area contributed by atoms with Gasteiger partial charge in [0.2, 0.25) is 0 Å². The van der Waals surface area contributed by atoms with E-state index in [0.29, 0.717) is 23.1 Å². The molecule has 1 aliphatic rings. The second-order valence-electron chi connectivity index (χ2n) is 6.88. The highest BCUT2D eigenvalue weighted by Crippen LogP contribution is 2.29. The fourth-order valence-electron chi connectivity index (χ4n) is 3.43. The number of nitrogens with zero attached hydrogens (tertiary/aromatic N) is 1. The van der Waals surface area contributed by atoms with E-state index in [4.69, 9.17) is 9.47 Å². The molecule has 1 fully saturated rings.